The first-order valence-electron chi connectivity index (χ1n) is 7.30. The second kappa shape index (κ2) is 5.30. The lowest BCUT2D eigenvalue weighted by Gasteiger charge is -2.32. The summed E-state index contributed by atoms with van der Waals surface area (Å²) in [6.45, 7) is 4.88. The normalized spacial score (nSPS) is 19.0. The van der Waals surface area contributed by atoms with Crippen LogP contribution in [0.5, 0.6) is 0 Å². The van der Waals surface area contributed by atoms with Crippen molar-refractivity contribution in [3.63, 3.8) is 0 Å². The molecular weight excluding hydrogens is 302 g/mol. The topological polar surface area (TPSA) is 59.1 Å². The minimum atomic E-state index is 0.338. The van der Waals surface area contributed by atoms with E-state index in [0.717, 1.165) is 30.8 Å². The lowest BCUT2D eigenvalue weighted by atomic mass is 10.2. The molecule has 0 spiro atoms. The van der Waals surface area contributed by atoms with Gasteiger partial charge in [-0.3, -0.25) is 0 Å². The molecule has 3 heterocycles. The Morgan fingerprint density at radius 3 is 3.09 bits per heavy atom. The average molecular weight is 318 g/mol. The quantitative estimate of drug-likeness (QED) is 0.787. The van der Waals surface area contributed by atoms with Gasteiger partial charge in [0.25, 0.3) is 6.01 Å². The summed E-state index contributed by atoms with van der Waals surface area (Å²) < 4.78 is 7.80. The summed E-state index contributed by atoms with van der Waals surface area (Å²) in [4.78, 5) is 6.80. The van der Waals surface area contributed by atoms with Crippen LogP contribution in [0.4, 0.5) is 6.01 Å². The molecule has 114 valence electrons. The van der Waals surface area contributed by atoms with Crippen molar-refractivity contribution in [2.45, 2.75) is 13.0 Å². The van der Waals surface area contributed by atoms with Crippen molar-refractivity contribution in [3.05, 3.63) is 35.6 Å². The average Bonchev–Trinajstić information content (AvgIpc) is 3.15. The second-order valence-corrected chi connectivity index (χ2v) is 5.90. The first-order valence-corrected chi connectivity index (χ1v) is 7.67. The standard InChI is InChI=1S/C15H16ClN5O/c1-10-9-17-4-6-20(10)15-19-12-7-11(16)8-13(14(12)22-15)21-5-2-3-18-21/h2-3,5,7-8,10,17H,4,6,9H2,1H3. The van der Waals surface area contributed by atoms with E-state index in [1.54, 1.807) is 10.9 Å². The van der Waals surface area contributed by atoms with Crippen molar-refractivity contribution < 1.29 is 4.42 Å². The van der Waals surface area contributed by atoms with Crippen LogP contribution in [0.1, 0.15) is 6.92 Å². The van der Waals surface area contributed by atoms with Gasteiger partial charge in [-0.05, 0) is 25.1 Å². The number of anilines is 1. The molecule has 1 aliphatic rings. The van der Waals surface area contributed by atoms with Gasteiger partial charge in [-0.25, -0.2) is 4.68 Å². The summed E-state index contributed by atoms with van der Waals surface area (Å²) in [5, 5.41) is 8.24. The van der Waals surface area contributed by atoms with Crippen molar-refractivity contribution in [2.75, 3.05) is 24.5 Å². The highest BCUT2D eigenvalue weighted by Gasteiger charge is 2.24. The van der Waals surface area contributed by atoms with Crippen LogP contribution in [0.3, 0.4) is 0 Å². The molecule has 0 radical (unpaired) electrons. The second-order valence-electron chi connectivity index (χ2n) is 5.47. The van der Waals surface area contributed by atoms with Crippen molar-refractivity contribution in [2.24, 2.45) is 0 Å². The predicted molar refractivity (Wildman–Crippen MR) is 85.8 cm³/mol. The maximum atomic E-state index is 6.22. The Hall–Kier alpha value is -2.05. The first-order chi connectivity index (χ1) is 10.7. The van der Waals surface area contributed by atoms with Crippen molar-refractivity contribution in [1.82, 2.24) is 20.1 Å². The Morgan fingerprint density at radius 1 is 1.41 bits per heavy atom. The van der Waals surface area contributed by atoms with Crippen LogP contribution in [-0.2, 0) is 0 Å². The van der Waals surface area contributed by atoms with Gasteiger partial charge in [0.15, 0.2) is 5.58 Å². The fourth-order valence-electron chi connectivity index (χ4n) is 2.80. The van der Waals surface area contributed by atoms with Gasteiger partial charge in [-0.2, -0.15) is 10.1 Å². The van der Waals surface area contributed by atoms with Gasteiger partial charge < -0.3 is 14.6 Å². The Balaban J connectivity index is 1.85. The van der Waals surface area contributed by atoms with Gasteiger partial charge >= 0.3 is 0 Å². The molecule has 1 saturated heterocycles. The largest absolute Gasteiger partial charge is 0.421 e. The molecule has 4 rings (SSSR count). The maximum Gasteiger partial charge on any atom is 0.298 e. The molecule has 7 heteroatoms. The summed E-state index contributed by atoms with van der Waals surface area (Å²) in [6, 6.07) is 6.50. The first kappa shape index (κ1) is 13.6. The fourth-order valence-corrected chi connectivity index (χ4v) is 3.01. The van der Waals surface area contributed by atoms with Gasteiger partial charge in [0, 0.05) is 43.1 Å². The third kappa shape index (κ3) is 2.24. The molecular formula is C15H16ClN5O. The molecule has 2 aromatic heterocycles. The molecule has 1 aliphatic heterocycles. The van der Waals surface area contributed by atoms with Crippen molar-refractivity contribution >= 4 is 28.7 Å². The van der Waals surface area contributed by atoms with Gasteiger partial charge in [0.05, 0.1) is 0 Å². The number of hydrogen-bond donors (Lipinski definition) is 1. The van der Waals surface area contributed by atoms with Crippen LogP contribution >= 0.6 is 11.6 Å². The molecule has 0 amide bonds. The number of benzene rings is 1. The molecule has 0 aliphatic carbocycles. The van der Waals surface area contributed by atoms with Gasteiger partial charge in [-0.15, -0.1) is 0 Å². The Morgan fingerprint density at radius 2 is 2.32 bits per heavy atom. The zero-order chi connectivity index (χ0) is 15.1. The monoisotopic (exact) mass is 317 g/mol. The van der Waals surface area contributed by atoms with Crippen LogP contribution in [0.25, 0.3) is 16.8 Å². The number of oxazole rings is 1. The highest BCUT2D eigenvalue weighted by molar-refractivity contribution is 6.31. The van der Waals surface area contributed by atoms with Crippen LogP contribution in [-0.4, -0.2) is 40.4 Å². The number of rotatable bonds is 2. The Bertz CT molecular complexity index is 798. The number of piperazine rings is 1. The summed E-state index contributed by atoms with van der Waals surface area (Å²) in [5.41, 5.74) is 2.25. The van der Waals surface area contributed by atoms with E-state index in [9.17, 15) is 0 Å². The summed E-state index contributed by atoms with van der Waals surface area (Å²) in [6.07, 6.45) is 3.59. The lowest BCUT2D eigenvalue weighted by Crippen LogP contribution is -2.50. The minimum absolute atomic E-state index is 0.338. The molecule has 1 unspecified atom stereocenters. The lowest BCUT2D eigenvalue weighted by molar-refractivity contribution is 0.456. The van der Waals surface area contributed by atoms with E-state index in [4.69, 9.17) is 16.0 Å². The molecule has 1 N–H and O–H groups in total. The van der Waals surface area contributed by atoms with E-state index in [-0.39, 0.29) is 0 Å². The van der Waals surface area contributed by atoms with Crippen LogP contribution in [0.15, 0.2) is 35.0 Å². The van der Waals surface area contributed by atoms with Crippen LogP contribution in [0.2, 0.25) is 5.02 Å². The number of fused-ring (bicyclic) bond motifs is 1. The predicted octanol–water partition coefficient (Wildman–Crippen LogP) is 2.46. The molecule has 3 aromatic rings. The molecule has 0 bridgehead atoms. The number of nitrogens with one attached hydrogen (secondary N) is 1. The molecule has 1 fully saturated rings. The van der Waals surface area contributed by atoms with E-state index in [1.807, 2.05) is 24.4 Å². The molecule has 1 aromatic carbocycles. The van der Waals surface area contributed by atoms with E-state index in [0.29, 0.717) is 22.7 Å². The molecule has 1 atom stereocenters. The van der Waals surface area contributed by atoms with E-state index >= 15 is 0 Å². The van der Waals surface area contributed by atoms with Crippen molar-refractivity contribution in [1.29, 1.82) is 0 Å². The molecule has 22 heavy (non-hydrogen) atoms. The third-order valence-electron chi connectivity index (χ3n) is 3.92. The zero-order valence-corrected chi connectivity index (χ0v) is 12.9. The van der Waals surface area contributed by atoms with Gasteiger partial charge in [0.1, 0.15) is 11.2 Å². The third-order valence-corrected chi connectivity index (χ3v) is 4.14. The molecule has 0 saturated carbocycles. The van der Waals surface area contributed by atoms with E-state index in [1.165, 1.54) is 0 Å². The number of hydrogen-bond acceptors (Lipinski definition) is 5. The van der Waals surface area contributed by atoms with E-state index < -0.39 is 0 Å². The summed E-state index contributed by atoms with van der Waals surface area (Å²) >= 11 is 6.22. The summed E-state index contributed by atoms with van der Waals surface area (Å²) in [7, 11) is 0. The number of aromatic nitrogens is 3. The highest BCUT2D eigenvalue weighted by Crippen LogP contribution is 2.31. The smallest absolute Gasteiger partial charge is 0.298 e. The SMILES string of the molecule is CC1CNCCN1c1nc2cc(Cl)cc(-n3cccn3)c2o1. The summed E-state index contributed by atoms with van der Waals surface area (Å²) in [5.74, 6) is 0. The maximum absolute atomic E-state index is 6.22. The van der Waals surface area contributed by atoms with Gasteiger partial charge in [-0.1, -0.05) is 11.6 Å². The number of halogens is 1. The molecule has 6 nitrogen and oxygen atoms in total. The highest BCUT2D eigenvalue weighted by atomic mass is 35.5. The Kier molecular flexibility index (Phi) is 3.28. The van der Waals surface area contributed by atoms with Crippen molar-refractivity contribution in [3.8, 4) is 5.69 Å². The van der Waals surface area contributed by atoms with Crippen LogP contribution < -0.4 is 10.2 Å². The Labute approximate surface area is 132 Å². The number of nitrogens with zero attached hydrogens (tertiary/aromatic N) is 4. The van der Waals surface area contributed by atoms with Gasteiger partial charge in [0.2, 0.25) is 0 Å². The van der Waals surface area contributed by atoms with E-state index in [2.05, 4.69) is 27.2 Å². The zero-order valence-electron chi connectivity index (χ0n) is 12.2. The minimum Gasteiger partial charge on any atom is -0.421 e. The van der Waals surface area contributed by atoms with Crippen LogP contribution in [0, 0.1) is 0 Å². The fraction of sp³-hybridized carbons (Fsp3) is 0.333.